The SMILES string of the molecule is O=C(CCNS(=O)(=O)c1ccc(F)cc1)NCCc1c[nH]c2ccccc12. The van der Waals surface area contributed by atoms with Gasteiger partial charge in [-0.15, -0.1) is 0 Å². The molecule has 8 heteroatoms. The average Bonchev–Trinajstić information content (AvgIpc) is 3.05. The molecule has 3 rings (SSSR count). The van der Waals surface area contributed by atoms with Crippen LogP contribution in [0, 0.1) is 5.82 Å². The molecule has 0 aliphatic rings. The van der Waals surface area contributed by atoms with Crippen LogP contribution in [0.1, 0.15) is 12.0 Å². The fourth-order valence-electron chi connectivity index (χ4n) is 2.76. The van der Waals surface area contributed by atoms with Crippen molar-refractivity contribution < 1.29 is 17.6 Å². The monoisotopic (exact) mass is 389 g/mol. The molecular formula is C19H20FN3O3S. The predicted molar refractivity (Wildman–Crippen MR) is 101 cm³/mol. The molecule has 0 saturated carbocycles. The minimum atomic E-state index is -3.75. The summed E-state index contributed by atoms with van der Waals surface area (Å²) < 4.78 is 39.3. The highest BCUT2D eigenvalue weighted by atomic mass is 32.2. The van der Waals surface area contributed by atoms with E-state index in [0.717, 1.165) is 28.6 Å². The number of hydrogen-bond donors (Lipinski definition) is 3. The van der Waals surface area contributed by atoms with Gasteiger partial charge in [-0.2, -0.15) is 0 Å². The number of sulfonamides is 1. The van der Waals surface area contributed by atoms with E-state index >= 15 is 0 Å². The first kappa shape index (κ1) is 19.1. The topological polar surface area (TPSA) is 91.1 Å². The van der Waals surface area contributed by atoms with Crippen LogP contribution in [0.2, 0.25) is 0 Å². The van der Waals surface area contributed by atoms with Crippen molar-refractivity contribution in [2.24, 2.45) is 0 Å². The van der Waals surface area contributed by atoms with Crippen molar-refractivity contribution in [1.82, 2.24) is 15.0 Å². The maximum atomic E-state index is 12.9. The van der Waals surface area contributed by atoms with Gasteiger partial charge in [0.05, 0.1) is 4.90 Å². The van der Waals surface area contributed by atoms with E-state index in [4.69, 9.17) is 0 Å². The molecule has 142 valence electrons. The summed E-state index contributed by atoms with van der Waals surface area (Å²) in [6.07, 6.45) is 2.62. The van der Waals surface area contributed by atoms with Gasteiger partial charge in [-0.3, -0.25) is 4.79 Å². The Morgan fingerprint density at radius 1 is 1.04 bits per heavy atom. The summed E-state index contributed by atoms with van der Waals surface area (Å²) in [6, 6.07) is 12.4. The Balaban J connectivity index is 1.42. The van der Waals surface area contributed by atoms with Crippen molar-refractivity contribution in [2.75, 3.05) is 13.1 Å². The van der Waals surface area contributed by atoms with Crippen molar-refractivity contribution in [3.63, 3.8) is 0 Å². The highest BCUT2D eigenvalue weighted by Gasteiger charge is 2.14. The summed E-state index contributed by atoms with van der Waals surface area (Å²) in [4.78, 5) is 15.0. The van der Waals surface area contributed by atoms with Crippen LogP contribution in [0.5, 0.6) is 0 Å². The first-order chi connectivity index (χ1) is 13.0. The van der Waals surface area contributed by atoms with E-state index in [0.29, 0.717) is 13.0 Å². The standard InChI is InChI=1S/C19H20FN3O3S/c20-15-5-7-16(8-6-15)27(25,26)23-12-10-19(24)21-11-9-14-13-22-18-4-2-1-3-17(14)18/h1-8,13,22-23H,9-12H2,(H,21,24). The summed E-state index contributed by atoms with van der Waals surface area (Å²) in [6.45, 7) is 0.435. The Kier molecular flexibility index (Phi) is 5.88. The van der Waals surface area contributed by atoms with Gasteiger partial charge in [0.1, 0.15) is 5.82 Å². The van der Waals surface area contributed by atoms with Crippen molar-refractivity contribution in [3.8, 4) is 0 Å². The molecule has 2 aromatic carbocycles. The molecule has 0 radical (unpaired) electrons. The quantitative estimate of drug-likeness (QED) is 0.552. The minimum absolute atomic E-state index is 0.0221. The van der Waals surface area contributed by atoms with E-state index in [1.165, 1.54) is 12.1 Å². The number of amides is 1. The van der Waals surface area contributed by atoms with E-state index in [1.807, 2.05) is 30.5 Å². The van der Waals surface area contributed by atoms with Gasteiger partial charge in [-0.1, -0.05) is 18.2 Å². The summed E-state index contributed by atoms with van der Waals surface area (Å²) >= 11 is 0. The predicted octanol–water partition coefficient (Wildman–Crippen LogP) is 2.33. The Morgan fingerprint density at radius 3 is 2.56 bits per heavy atom. The van der Waals surface area contributed by atoms with Gasteiger partial charge in [0.25, 0.3) is 0 Å². The molecule has 0 fully saturated rings. The number of fused-ring (bicyclic) bond motifs is 1. The normalized spacial score (nSPS) is 11.6. The van der Waals surface area contributed by atoms with Crippen LogP contribution in [-0.2, 0) is 21.2 Å². The van der Waals surface area contributed by atoms with Gasteiger partial charge in [0.2, 0.25) is 15.9 Å². The number of hydrogen-bond acceptors (Lipinski definition) is 3. The molecule has 0 saturated heterocycles. The van der Waals surface area contributed by atoms with Crippen molar-refractivity contribution in [2.45, 2.75) is 17.7 Å². The second-order valence-corrected chi connectivity index (χ2v) is 7.83. The molecule has 0 aliphatic heterocycles. The van der Waals surface area contributed by atoms with Gasteiger partial charge in [-0.25, -0.2) is 17.5 Å². The number of aromatic nitrogens is 1. The molecular weight excluding hydrogens is 369 g/mol. The summed E-state index contributed by atoms with van der Waals surface area (Å²) in [5, 5.41) is 3.91. The number of benzene rings is 2. The molecule has 3 N–H and O–H groups in total. The molecule has 1 heterocycles. The fourth-order valence-corrected chi connectivity index (χ4v) is 3.79. The van der Waals surface area contributed by atoms with Gasteiger partial charge in [0, 0.05) is 36.6 Å². The zero-order chi connectivity index (χ0) is 19.3. The summed E-state index contributed by atoms with van der Waals surface area (Å²) in [7, 11) is -3.75. The Morgan fingerprint density at radius 2 is 1.78 bits per heavy atom. The molecule has 0 aliphatic carbocycles. The zero-order valence-corrected chi connectivity index (χ0v) is 15.4. The second-order valence-electron chi connectivity index (χ2n) is 6.06. The third-order valence-electron chi connectivity index (χ3n) is 4.16. The van der Waals surface area contributed by atoms with Crippen LogP contribution in [0.4, 0.5) is 4.39 Å². The minimum Gasteiger partial charge on any atom is -0.361 e. The summed E-state index contributed by atoms with van der Waals surface area (Å²) in [5.74, 6) is -0.750. The van der Waals surface area contributed by atoms with E-state index in [9.17, 15) is 17.6 Å². The van der Waals surface area contributed by atoms with E-state index in [2.05, 4.69) is 15.0 Å². The fraction of sp³-hybridized carbons (Fsp3) is 0.211. The largest absolute Gasteiger partial charge is 0.361 e. The lowest BCUT2D eigenvalue weighted by Crippen LogP contribution is -2.31. The number of halogens is 1. The highest BCUT2D eigenvalue weighted by molar-refractivity contribution is 7.89. The number of nitrogens with one attached hydrogen (secondary N) is 3. The van der Waals surface area contributed by atoms with Crippen molar-refractivity contribution in [1.29, 1.82) is 0 Å². The van der Waals surface area contributed by atoms with Crippen molar-refractivity contribution >= 4 is 26.8 Å². The lowest BCUT2D eigenvalue weighted by atomic mass is 10.1. The molecule has 3 aromatic rings. The molecule has 6 nitrogen and oxygen atoms in total. The molecule has 0 bridgehead atoms. The molecule has 1 amide bonds. The first-order valence-electron chi connectivity index (χ1n) is 8.52. The maximum absolute atomic E-state index is 12.9. The third kappa shape index (κ3) is 4.93. The number of para-hydroxylation sites is 1. The average molecular weight is 389 g/mol. The highest BCUT2D eigenvalue weighted by Crippen LogP contribution is 2.17. The first-order valence-corrected chi connectivity index (χ1v) is 10.0. The number of aromatic amines is 1. The maximum Gasteiger partial charge on any atom is 0.240 e. The Bertz CT molecular complexity index is 1030. The second kappa shape index (κ2) is 8.32. The smallest absolute Gasteiger partial charge is 0.240 e. The molecule has 0 spiro atoms. The molecule has 0 unspecified atom stereocenters. The Labute approximate surface area is 156 Å². The van der Waals surface area contributed by atoms with E-state index in [1.54, 1.807) is 0 Å². The van der Waals surface area contributed by atoms with E-state index in [-0.39, 0.29) is 23.8 Å². The van der Waals surface area contributed by atoms with Gasteiger partial charge < -0.3 is 10.3 Å². The Hall–Kier alpha value is -2.71. The van der Waals surface area contributed by atoms with Crippen LogP contribution < -0.4 is 10.0 Å². The van der Waals surface area contributed by atoms with Crippen LogP contribution in [0.3, 0.4) is 0 Å². The van der Waals surface area contributed by atoms with Gasteiger partial charge in [-0.05, 0) is 42.3 Å². The van der Waals surface area contributed by atoms with Crippen molar-refractivity contribution in [3.05, 3.63) is 66.1 Å². The number of rotatable bonds is 8. The van der Waals surface area contributed by atoms with Crippen LogP contribution >= 0.6 is 0 Å². The number of carbonyl (C=O) groups is 1. The molecule has 0 atom stereocenters. The van der Waals surface area contributed by atoms with Crippen LogP contribution in [-0.4, -0.2) is 32.4 Å². The lowest BCUT2D eigenvalue weighted by Gasteiger charge is -2.07. The zero-order valence-electron chi connectivity index (χ0n) is 14.5. The lowest BCUT2D eigenvalue weighted by molar-refractivity contribution is -0.120. The number of H-pyrrole nitrogens is 1. The van der Waals surface area contributed by atoms with E-state index < -0.39 is 15.8 Å². The van der Waals surface area contributed by atoms with Gasteiger partial charge in [0.15, 0.2) is 0 Å². The third-order valence-corrected chi connectivity index (χ3v) is 5.64. The van der Waals surface area contributed by atoms with Crippen LogP contribution in [0.25, 0.3) is 10.9 Å². The molecule has 27 heavy (non-hydrogen) atoms. The summed E-state index contributed by atoms with van der Waals surface area (Å²) in [5.41, 5.74) is 2.16. The van der Waals surface area contributed by atoms with Gasteiger partial charge >= 0.3 is 0 Å². The molecule has 1 aromatic heterocycles. The number of carbonyl (C=O) groups excluding carboxylic acids is 1. The van der Waals surface area contributed by atoms with Crippen LogP contribution in [0.15, 0.2) is 59.6 Å².